The Bertz CT molecular complexity index is 443. The number of fused-ring (bicyclic) bond motifs is 1. The zero-order valence-corrected chi connectivity index (χ0v) is 10.2. The van der Waals surface area contributed by atoms with Crippen LogP contribution < -0.4 is 15.4 Å². The first kappa shape index (κ1) is 11.6. The van der Waals surface area contributed by atoms with Gasteiger partial charge >= 0.3 is 0 Å². The summed E-state index contributed by atoms with van der Waals surface area (Å²) in [5.41, 5.74) is -0.0793. The van der Waals surface area contributed by atoms with Gasteiger partial charge in [0.05, 0.1) is 7.11 Å². The second kappa shape index (κ2) is 4.20. The Morgan fingerprint density at radius 1 is 1.35 bits per heavy atom. The van der Waals surface area contributed by atoms with E-state index in [1.807, 2.05) is 13.8 Å². The molecule has 0 unspecified atom stereocenters. The summed E-state index contributed by atoms with van der Waals surface area (Å²) < 4.78 is 5.09. The topological polar surface area (TPSA) is 76.1 Å². The molecule has 0 bridgehead atoms. The third kappa shape index (κ3) is 1.69. The molecule has 2 N–H and O–H groups in total. The van der Waals surface area contributed by atoms with Gasteiger partial charge in [-0.2, -0.15) is 4.98 Å². The van der Waals surface area contributed by atoms with Crippen molar-refractivity contribution in [2.45, 2.75) is 32.2 Å². The van der Waals surface area contributed by atoms with E-state index < -0.39 is 5.54 Å². The van der Waals surface area contributed by atoms with Crippen molar-refractivity contribution in [2.24, 2.45) is 0 Å². The Hall–Kier alpha value is -1.85. The average Bonchev–Trinajstić information content (AvgIpc) is 2.37. The first-order valence-corrected chi connectivity index (χ1v) is 5.65. The molecule has 0 spiro atoms. The summed E-state index contributed by atoms with van der Waals surface area (Å²) in [5, 5.41) is 6.01. The highest BCUT2D eigenvalue weighted by molar-refractivity contribution is 6.06. The zero-order valence-electron chi connectivity index (χ0n) is 10.2. The molecule has 1 aliphatic heterocycles. The van der Waals surface area contributed by atoms with Gasteiger partial charge in [0.1, 0.15) is 17.6 Å². The number of nitrogens with one attached hydrogen (secondary N) is 2. The molecule has 0 radical (unpaired) electrons. The standard InChI is InChI=1S/C11H16N4O2/c1-4-11(5-2)10(16)14-7-8(15-11)12-6-13-9(7)17-3/h6H,4-5H2,1-3H3,(H,14,16)(H,12,13,15). The average molecular weight is 236 g/mol. The van der Waals surface area contributed by atoms with Crippen molar-refractivity contribution in [3.8, 4) is 5.88 Å². The second-order valence-electron chi connectivity index (χ2n) is 3.97. The molecule has 0 fully saturated rings. The van der Waals surface area contributed by atoms with Gasteiger partial charge in [0.2, 0.25) is 11.8 Å². The van der Waals surface area contributed by atoms with Crippen molar-refractivity contribution in [3.63, 3.8) is 0 Å². The molecule has 1 aliphatic rings. The summed E-state index contributed by atoms with van der Waals surface area (Å²) in [5.74, 6) is 0.917. The lowest BCUT2D eigenvalue weighted by molar-refractivity contribution is -0.120. The highest BCUT2D eigenvalue weighted by Gasteiger charge is 2.40. The Labute approximate surface area is 99.8 Å². The molecule has 2 rings (SSSR count). The van der Waals surface area contributed by atoms with Crippen LogP contribution >= 0.6 is 0 Å². The number of methoxy groups -OCH3 is 1. The van der Waals surface area contributed by atoms with Crippen LogP contribution in [0.5, 0.6) is 5.88 Å². The molecule has 92 valence electrons. The van der Waals surface area contributed by atoms with Crippen LogP contribution in [-0.4, -0.2) is 28.5 Å². The van der Waals surface area contributed by atoms with E-state index in [4.69, 9.17) is 4.74 Å². The number of carbonyl (C=O) groups is 1. The van der Waals surface area contributed by atoms with E-state index >= 15 is 0 Å². The SMILES string of the molecule is CCC1(CC)Nc2ncnc(OC)c2NC1=O. The maximum atomic E-state index is 12.1. The molecule has 0 aliphatic carbocycles. The summed E-state index contributed by atoms with van der Waals surface area (Å²) in [6.45, 7) is 3.94. The number of amides is 1. The van der Waals surface area contributed by atoms with E-state index in [1.54, 1.807) is 0 Å². The molecule has 0 atom stereocenters. The summed E-state index contributed by atoms with van der Waals surface area (Å²) in [6, 6.07) is 0. The lowest BCUT2D eigenvalue weighted by Gasteiger charge is -2.36. The highest BCUT2D eigenvalue weighted by atomic mass is 16.5. The molecular weight excluding hydrogens is 220 g/mol. The Kier molecular flexibility index (Phi) is 2.87. The van der Waals surface area contributed by atoms with E-state index in [-0.39, 0.29) is 5.91 Å². The molecule has 1 aromatic rings. The van der Waals surface area contributed by atoms with Gasteiger partial charge in [0.15, 0.2) is 5.82 Å². The van der Waals surface area contributed by atoms with E-state index in [0.29, 0.717) is 30.2 Å². The third-order valence-corrected chi connectivity index (χ3v) is 3.24. The lowest BCUT2D eigenvalue weighted by atomic mass is 9.90. The Balaban J connectivity index is 2.46. The first-order chi connectivity index (χ1) is 8.16. The molecule has 2 heterocycles. The maximum absolute atomic E-state index is 12.1. The van der Waals surface area contributed by atoms with Gasteiger partial charge in [-0.3, -0.25) is 4.79 Å². The summed E-state index contributed by atoms with van der Waals surface area (Å²) >= 11 is 0. The molecule has 0 saturated heterocycles. The fourth-order valence-corrected chi connectivity index (χ4v) is 2.00. The van der Waals surface area contributed by atoms with Crippen molar-refractivity contribution in [2.75, 3.05) is 17.7 Å². The van der Waals surface area contributed by atoms with Crippen LogP contribution in [0.15, 0.2) is 6.33 Å². The van der Waals surface area contributed by atoms with Gasteiger partial charge in [0, 0.05) is 0 Å². The predicted octanol–water partition coefficient (Wildman–Crippen LogP) is 1.41. The van der Waals surface area contributed by atoms with Crippen molar-refractivity contribution >= 4 is 17.4 Å². The number of hydrogen-bond donors (Lipinski definition) is 2. The second-order valence-corrected chi connectivity index (χ2v) is 3.97. The molecular formula is C11H16N4O2. The van der Waals surface area contributed by atoms with Crippen LogP contribution in [0.2, 0.25) is 0 Å². The van der Waals surface area contributed by atoms with Crippen LogP contribution in [0.3, 0.4) is 0 Å². The number of nitrogens with zero attached hydrogens (tertiary/aromatic N) is 2. The van der Waals surface area contributed by atoms with Gasteiger partial charge in [-0.1, -0.05) is 13.8 Å². The van der Waals surface area contributed by atoms with Crippen molar-refractivity contribution < 1.29 is 9.53 Å². The summed E-state index contributed by atoms with van der Waals surface area (Å²) in [4.78, 5) is 20.2. The quantitative estimate of drug-likeness (QED) is 0.829. The van der Waals surface area contributed by atoms with Gasteiger partial charge in [-0.05, 0) is 12.8 Å². The first-order valence-electron chi connectivity index (χ1n) is 5.65. The van der Waals surface area contributed by atoms with E-state index in [9.17, 15) is 4.79 Å². The molecule has 0 aromatic carbocycles. The minimum atomic E-state index is -0.591. The number of carbonyl (C=O) groups excluding carboxylic acids is 1. The van der Waals surface area contributed by atoms with Crippen LogP contribution in [0.4, 0.5) is 11.5 Å². The van der Waals surface area contributed by atoms with Crippen molar-refractivity contribution in [1.29, 1.82) is 0 Å². The lowest BCUT2D eigenvalue weighted by Crippen LogP contribution is -2.52. The molecule has 0 saturated carbocycles. The minimum absolute atomic E-state index is 0.0666. The third-order valence-electron chi connectivity index (χ3n) is 3.24. The fraction of sp³-hybridized carbons (Fsp3) is 0.545. The van der Waals surface area contributed by atoms with E-state index in [2.05, 4.69) is 20.6 Å². The van der Waals surface area contributed by atoms with E-state index in [0.717, 1.165) is 0 Å². The van der Waals surface area contributed by atoms with Gasteiger partial charge in [-0.15, -0.1) is 0 Å². The van der Waals surface area contributed by atoms with Gasteiger partial charge < -0.3 is 15.4 Å². The summed E-state index contributed by atoms with van der Waals surface area (Å²) in [7, 11) is 1.51. The number of anilines is 2. The van der Waals surface area contributed by atoms with Crippen molar-refractivity contribution in [1.82, 2.24) is 9.97 Å². The summed E-state index contributed by atoms with van der Waals surface area (Å²) in [6.07, 6.45) is 2.81. The Morgan fingerprint density at radius 3 is 2.65 bits per heavy atom. The predicted molar refractivity (Wildman–Crippen MR) is 64.1 cm³/mol. The smallest absolute Gasteiger partial charge is 0.250 e. The van der Waals surface area contributed by atoms with Crippen molar-refractivity contribution in [3.05, 3.63) is 6.33 Å². The minimum Gasteiger partial charge on any atom is -0.479 e. The molecule has 6 heteroatoms. The maximum Gasteiger partial charge on any atom is 0.250 e. The largest absolute Gasteiger partial charge is 0.479 e. The van der Waals surface area contributed by atoms with Crippen LogP contribution in [0.1, 0.15) is 26.7 Å². The zero-order chi connectivity index (χ0) is 12.5. The molecule has 1 aromatic heterocycles. The number of aromatic nitrogens is 2. The molecule has 17 heavy (non-hydrogen) atoms. The number of ether oxygens (including phenoxy) is 1. The monoisotopic (exact) mass is 236 g/mol. The highest BCUT2D eigenvalue weighted by Crippen LogP contribution is 2.36. The van der Waals surface area contributed by atoms with Gasteiger partial charge in [-0.25, -0.2) is 4.98 Å². The van der Waals surface area contributed by atoms with Crippen LogP contribution in [0, 0.1) is 0 Å². The number of rotatable bonds is 3. The molecule has 6 nitrogen and oxygen atoms in total. The van der Waals surface area contributed by atoms with E-state index in [1.165, 1.54) is 13.4 Å². The Morgan fingerprint density at radius 2 is 2.06 bits per heavy atom. The normalized spacial score (nSPS) is 16.8. The number of hydrogen-bond acceptors (Lipinski definition) is 5. The fourth-order valence-electron chi connectivity index (χ4n) is 2.00. The van der Waals surface area contributed by atoms with Crippen LogP contribution in [0.25, 0.3) is 0 Å². The van der Waals surface area contributed by atoms with Gasteiger partial charge in [0.25, 0.3) is 0 Å². The van der Waals surface area contributed by atoms with Crippen LogP contribution in [-0.2, 0) is 4.79 Å². The molecule has 1 amide bonds.